The van der Waals surface area contributed by atoms with Crippen LogP contribution in [-0.4, -0.2) is 29.3 Å². The molecule has 1 saturated heterocycles. The molecule has 0 radical (unpaired) electrons. The monoisotopic (exact) mass is 216 g/mol. The van der Waals surface area contributed by atoms with Crippen LogP contribution in [0.5, 0.6) is 0 Å². The van der Waals surface area contributed by atoms with Crippen LogP contribution < -0.4 is 0 Å². The summed E-state index contributed by atoms with van der Waals surface area (Å²) in [6.07, 6.45) is 4.12. The van der Waals surface area contributed by atoms with Crippen LogP contribution in [-0.2, 0) is 4.74 Å². The maximum atomic E-state index is 5.38. The van der Waals surface area contributed by atoms with E-state index >= 15 is 0 Å². The van der Waals surface area contributed by atoms with Crippen LogP contribution in [0.3, 0.4) is 0 Å². The Morgan fingerprint density at radius 1 is 1.38 bits per heavy atom. The molecule has 0 amide bonds. The van der Waals surface area contributed by atoms with Gasteiger partial charge in [-0.1, -0.05) is 18.7 Å². The summed E-state index contributed by atoms with van der Waals surface area (Å²) in [5.41, 5.74) is 1.34. The van der Waals surface area contributed by atoms with Crippen molar-refractivity contribution in [1.82, 2.24) is 0 Å². The smallest absolute Gasteiger partial charge is 0.0749 e. The molecule has 74 valence electrons. The van der Waals surface area contributed by atoms with Crippen molar-refractivity contribution in [2.75, 3.05) is 24.7 Å². The summed E-state index contributed by atoms with van der Waals surface area (Å²) in [7, 11) is 0. The van der Waals surface area contributed by atoms with Gasteiger partial charge in [0.15, 0.2) is 0 Å². The minimum Gasteiger partial charge on any atom is -0.380 e. The van der Waals surface area contributed by atoms with Gasteiger partial charge < -0.3 is 4.74 Å². The Morgan fingerprint density at radius 3 is 2.46 bits per heavy atom. The van der Waals surface area contributed by atoms with E-state index in [0.717, 1.165) is 24.7 Å². The van der Waals surface area contributed by atoms with E-state index in [0.29, 0.717) is 4.58 Å². The van der Waals surface area contributed by atoms with Crippen molar-refractivity contribution in [3.8, 4) is 0 Å². The molecular formula is C10H16OS2. The van der Waals surface area contributed by atoms with Gasteiger partial charge in [0.2, 0.25) is 0 Å². The molecule has 1 aliphatic rings. The molecule has 0 aromatic heterocycles. The SMILES string of the molecule is C=CC(=CC)C1SCCOCCS1. The van der Waals surface area contributed by atoms with Gasteiger partial charge in [-0.05, 0) is 12.5 Å². The Kier molecular flexibility index (Phi) is 5.67. The number of thioether (sulfide) groups is 2. The zero-order valence-corrected chi connectivity index (χ0v) is 9.63. The zero-order valence-electron chi connectivity index (χ0n) is 7.99. The lowest BCUT2D eigenvalue weighted by atomic mass is 10.3. The van der Waals surface area contributed by atoms with E-state index < -0.39 is 0 Å². The van der Waals surface area contributed by atoms with E-state index in [4.69, 9.17) is 4.74 Å². The van der Waals surface area contributed by atoms with Gasteiger partial charge in [0.05, 0.1) is 17.8 Å². The van der Waals surface area contributed by atoms with Crippen molar-refractivity contribution in [3.63, 3.8) is 0 Å². The summed E-state index contributed by atoms with van der Waals surface area (Å²) < 4.78 is 5.94. The first-order chi connectivity index (χ1) is 6.38. The Bertz CT molecular complexity index is 181. The van der Waals surface area contributed by atoms with Crippen LogP contribution in [0.4, 0.5) is 0 Å². The Morgan fingerprint density at radius 2 is 2.00 bits per heavy atom. The fraction of sp³-hybridized carbons (Fsp3) is 0.600. The predicted molar refractivity (Wildman–Crippen MR) is 63.5 cm³/mol. The van der Waals surface area contributed by atoms with E-state index in [9.17, 15) is 0 Å². The van der Waals surface area contributed by atoms with Gasteiger partial charge in [-0.3, -0.25) is 0 Å². The molecule has 0 unspecified atom stereocenters. The van der Waals surface area contributed by atoms with Gasteiger partial charge in [-0.25, -0.2) is 0 Å². The minimum atomic E-state index is 0.561. The normalized spacial score (nSPS) is 22.1. The first-order valence-electron chi connectivity index (χ1n) is 4.48. The van der Waals surface area contributed by atoms with Crippen LogP contribution >= 0.6 is 23.5 Å². The second-order valence-electron chi connectivity index (χ2n) is 2.68. The summed E-state index contributed by atoms with van der Waals surface area (Å²) >= 11 is 3.91. The number of hydrogen-bond acceptors (Lipinski definition) is 3. The maximum absolute atomic E-state index is 5.38. The van der Waals surface area contributed by atoms with Gasteiger partial charge >= 0.3 is 0 Å². The third-order valence-corrected chi connectivity index (χ3v) is 4.61. The van der Waals surface area contributed by atoms with Crippen LogP contribution in [0.15, 0.2) is 24.3 Å². The van der Waals surface area contributed by atoms with Crippen LogP contribution in [0.25, 0.3) is 0 Å². The fourth-order valence-corrected chi connectivity index (χ4v) is 3.79. The molecule has 0 aliphatic carbocycles. The summed E-state index contributed by atoms with van der Waals surface area (Å²) in [4.78, 5) is 0. The highest BCUT2D eigenvalue weighted by atomic mass is 32.2. The lowest BCUT2D eigenvalue weighted by Gasteiger charge is -2.20. The zero-order chi connectivity index (χ0) is 9.52. The van der Waals surface area contributed by atoms with E-state index in [-0.39, 0.29) is 0 Å². The lowest BCUT2D eigenvalue weighted by Crippen LogP contribution is -2.12. The molecule has 0 aromatic rings. The lowest BCUT2D eigenvalue weighted by molar-refractivity contribution is 0.167. The molecule has 1 fully saturated rings. The van der Waals surface area contributed by atoms with Gasteiger partial charge in [-0.2, -0.15) is 0 Å². The first kappa shape index (κ1) is 11.2. The molecule has 13 heavy (non-hydrogen) atoms. The molecule has 1 nitrogen and oxygen atoms in total. The highest BCUT2D eigenvalue weighted by Gasteiger charge is 2.14. The first-order valence-corrected chi connectivity index (χ1v) is 6.58. The molecule has 0 bridgehead atoms. The standard InChI is InChI=1S/C10H16OS2/c1-3-9(4-2)10-12-7-5-11-6-8-13-10/h3-4,10H,1,5-8H2,2H3. The fourth-order valence-electron chi connectivity index (χ4n) is 1.12. The number of allylic oxidation sites excluding steroid dienone is 2. The molecule has 0 atom stereocenters. The van der Waals surface area contributed by atoms with Crippen LogP contribution in [0.2, 0.25) is 0 Å². The Balaban J connectivity index is 2.49. The highest BCUT2D eigenvalue weighted by molar-refractivity contribution is 8.17. The second kappa shape index (κ2) is 6.57. The van der Waals surface area contributed by atoms with E-state index in [1.807, 2.05) is 29.6 Å². The van der Waals surface area contributed by atoms with Crippen molar-refractivity contribution >= 4 is 23.5 Å². The average Bonchev–Trinajstić information content (AvgIpc) is 2.09. The number of ether oxygens (including phenoxy) is 1. The molecule has 0 saturated carbocycles. The molecular weight excluding hydrogens is 200 g/mol. The van der Waals surface area contributed by atoms with Crippen LogP contribution in [0, 0.1) is 0 Å². The van der Waals surface area contributed by atoms with Crippen molar-refractivity contribution in [2.24, 2.45) is 0 Å². The third-order valence-electron chi connectivity index (χ3n) is 1.83. The van der Waals surface area contributed by atoms with Gasteiger partial charge in [0.25, 0.3) is 0 Å². The third kappa shape index (κ3) is 3.79. The van der Waals surface area contributed by atoms with Crippen molar-refractivity contribution in [3.05, 3.63) is 24.3 Å². The van der Waals surface area contributed by atoms with Crippen molar-refractivity contribution in [2.45, 2.75) is 11.5 Å². The molecule has 1 rings (SSSR count). The number of rotatable bonds is 2. The average molecular weight is 216 g/mol. The minimum absolute atomic E-state index is 0.561. The van der Waals surface area contributed by atoms with E-state index in [2.05, 4.69) is 19.6 Å². The summed E-state index contributed by atoms with van der Waals surface area (Å²) in [6.45, 7) is 7.68. The molecule has 1 heterocycles. The summed E-state index contributed by atoms with van der Waals surface area (Å²) in [5, 5.41) is 0. The van der Waals surface area contributed by atoms with E-state index in [1.165, 1.54) is 5.57 Å². The summed E-state index contributed by atoms with van der Waals surface area (Å²) in [5.74, 6) is 2.17. The molecule has 0 N–H and O–H groups in total. The number of hydrogen-bond donors (Lipinski definition) is 0. The predicted octanol–water partition coefficient (Wildman–Crippen LogP) is 2.94. The Labute approximate surface area is 89.0 Å². The van der Waals surface area contributed by atoms with Crippen LogP contribution in [0.1, 0.15) is 6.92 Å². The topological polar surface area (TPSA) is 9.23 Å². The second-order valence-corrected chi connectivity index (χ2v) is 5.40. The van der Waals surface area contributed by atoms with Gasteiger partial charge in [0.1, 0.15) is 0 Å². The van der Waals surface area contributed by atoms with Gasteiger partial charge in [0, 0.05) is 11.5 Å². The largest absolute Gasteiger partial charge is 0.380 e. The van der Waals surface area contributed by atoms with Crippen molar-refractivity contribution in [1.29, 1.82) is 0 Å². The molecule has 1 aliphatic heterocycles. The quantitative estimate of drug-likeness (QED) is 0.657. The maximum Gasteiger partial charge on any atom is 0.0749 e. The molecule has 3 heteroatoms. The molecule has 0 spiro atoms. The Hall–Kier alpha value is 0.140. The molecule has 0 aromatic carbocycles. The summed E-state index contributed by atoms with van der Waals surface area (Å²) in [6, 6.07) is 0. The highest BCUT2D eigenvalue weighted by Crippen LogP contribution is 2.31. The van der Waals surface area contributed by atoms with Gasteiger partial charge in [-0.15, -0.1) is 23.5 Å². The van der Waals surface area contributed by atoms with E-state index in [1.54, 1.807) is 0 Å². The van der Waals surface area contributed by atoms with Crippen molar-refractivity contribution < 1.29 is 4.74 Å².